The molecule has 0 aliphatic carbocycles. The van der Waals surface area contributed by atoms with Gasteiger partial charge in [-0.2, -0.15) is 0 Å². The van der Waals surface area contributed by atoms with E-state index in [1.54, 1.807) is 11.2 Å². The highest BCUT2D eigenvalue weighted by molar-refractivity contribution is 6.02. The first-order chi connectivity index (χ1) is 13.6. The molecule has 2 N–H and O–H groups in total. The van der Waals surface area contributed by atoms with E-state index in [2.05, 4.69) is 15.3 Å². The van der Waals surface area contributed by atoms with E-state index in [4.69, 9.17) is 0 Å². The van der Waals surface area contributed by atoms with Crippen LogP contribution in [0.5, 0.6) is 0 Å². The normalized spacial score (nSPS) is 19.0. The van der Waals surface area contributed by atoms with Crippen molar-refractivity contribution in [1.82, 2.24) is 14.9 Å². The Morgan fingerprint density at radius 2 is 2.07 bits per heavy atom. The van der Waals surface area contributed by atoms with E-state index in [9.17, 15) is 9.59 Å². The summed E-state index contributed by atoms with van der Waals surface area (Å²) in [6, 6.07) is 15.3. The van der Waals surface area contributed by atoms with Gasteiger partial charge in [-0.25, -0.2) is 4.98 Å². The van der Waals surface area contributed by atoms with Crippen molar-refractivity contribution in [2.45, 2.75) is 25.3 Å². The van der Waals surface area contributed by atoms with Crippen molar-refractivity contribution in [3.05, 3.63) is 66.5 Å². The lowest BCUT2D eigenvalue weighted by molar-refractivity contribution is -0.154. The van der Waals surface area contributed by atoms with Gasteiger partial charge in [0.05, 0.1) is 17.4 Å². The zero-order valence-corrected chi connectivity index (χ0v) is 15.7. The lowest BCUT2D eigenvalue weighted by atomic mass is 9.85. The van der Waals surface area contributed by atoms with Crippen LogP contribution in [-0.2, 0) is 9.59 Å². The molecule has 0 radical (unpaired) electrons. The Bertz CT molecular complexity index is 1040. The highest BCUT2D eigenvalue weighted by atomic mass is 16.2. The summed E-state index contributed by atoms with van der Waals surface area (Å²) in [5, 5.41) is 2.93. The number of H-pyrrole nitrogens is 1. The molecule has 2 amide bonds. The number of imidazole rings is 1. The second-order valence-electron chi connectivity index (χ2n) is 7.17. The molecule has 0 bridgehead atoms. The van der Waals surface area contributed by atoms with Crippen LogP contribution >= 0.6 is 0 Å². The fraction of sp³-hybridized carbons (Fsp3) is 0.227. The average Bonchev–Trinajstić information content (AvgIpc) is 3.15. The van der Waals surface area contributed by atoms with Crippen LogP contribution in [0.3, 0.4) is 0 Å². The standard InChI is InChI=1S/C22H22N4O2/c1-22(21(28)25-17-10-11-18-19(14-17)24-15-23-18)12-13-26(22)20(27)9-5-8-16-6-3-2-4-7-16/h2-8,10-11,14-15H,9,12-13H2,1H3,(H,23,24)(H,25,28)/b8-5+. The van der Waals surface area contributed by atoms with Gasteiger partial charge in [-0.05, 0) is 37.1 Å². The average molecular weight is 374 g/mol. The molecule has 0 saturated carbocycles. The molecule has 1 saturated heterocycles. The maximum Gasteiger partial charge on any atom is 0.250 e. The number of benzene rings is 2. The number of aromatic amines is 1. The van der Waals surface area contributed by atoms with E-state index >= 15 is 0 Å². The molecule has 6 nitrogen and oxygen atoms in total. The summed E-state index contributed by atoms with van der Waals surface area (Å²) in [5.41, 5.74) is 2.62. The summed E-state index contributed by atoms with van der Waals surface area (Å²) in [6.45, 7) is 2.42. The van der Waals surface area contributed by atoms with Gasteiger partial charge < -0.3 is 15.2 Å². The molecule has 0 spiro atoms. The van der Waals surface area contributed by atoms with Crippen molar-refractivity contribution in [3.8, 4) is 0 Å². The number of anilines is 1. The SMILES string of the molecule is CC1(C(=O)Nc2ccc3nc[nH]c3c2)CCN1C(=O)C/C=C/c1ccccc1. The molecule has 1 fully saturated rings. The lowest BCUT2D eigenvalue weighted by Gasteiger charge is -2.49. The number of likely N-dealkylation sites (tertiary alicyclic amines) is 1. The highest BCUT2D eigenvalue weighted by Gasteiger charge is 2.48. The van der Waals surface area contributed by atoms with Crippen LogP contribution in [0.1, 0.15) is 25.3 Å². The van der Waals surface area contributed by atoms with Crippen LogP contribution in [0.2, 0.25) is 0 Å². The first kappa shape index (κ1) is 18.0. The third-order valence-electron chi connectivity index (χ3n) is 5.29. The fourth-order valence-corrected chi connectivity index (χ4v) is 3.44. The third-order valence-corrected chi connectivity index (χ3v) is 5.29. The Morgan fingerprint density at radius 3 is 2.82 bits per heavy atom. The minimum Gasteiger partial charge on any atom is -0.345 e. The van der Waals surface area contributed by atoms with E-state index in [0.29, 0.717) is 18.7 Å². The van der Waals surface area contributed by atoms with Crippen LogP contribution in [0, 0.1) is 0 Å². The molecule has 1 aliphatic heterocycles. The largest absolute Gasteiger partial charge is 0.345 e. The number of amides is 2. The van der Waals surface area contributed by atoms with Gasteiger partial charge in [-0.3, -0.25) is 9.59 Å². The van der Waals surface area contributed by atoms with E-state index in [1.165, 1.54) is 0 Å². The molecular weight excluding hydrogens is 352 g/mol. The Kier molecular flexibility index (Phi) is 4.69. The zero-order chi connectivity index (χ0) is 19.6. The first-order valence-electron chi connectivity index (χ1n) is 9.33. The Hall–Kier alpha value is -3.41. The number of carbonyl (C=O) groups is 2. The number of fused-ring (bicyclic) bond motifs is 1. The van der Waals surface area contributed by atoms with Crippen molar-refractivity contribution >= 4 is 34.6 Å². The van der Waals surface area contributed by atoms with Crippen molar-refractivity contribution in [2.24, 2.45) is 0 Å². The molecule has 4 rings (SSSR count). The summed E-state index contributed by atoms with van der Waals surface area (Å²) in [4.78, 5) is 34.3. The Morgan fingerprint density at radius 1 is 1.25 bits per heavy atom. The summed E-state index contributed by atoms with van der Waals surface area (Å²) in [7, 11) is 0. The molecule has 2 aromatic carbocycles. The summed E-state index contributed by atoms with van der Waals surface area (Å²) < 4.78 is 0. The zero-order valence-electron chi connectivity index (χ0n) is 15.7. The van der Waals surface area contributed by atoms with Crippen LogP contribution in [0.25, 0.3) is 17.1 Å². The van der Waals surface area contributed by atoms with Gasteiger partial charge >= 0.3 is 0 Å². The summed E-state index contributed by atoms with van der Waals surface area (Å²) >= 11 is 0. The number of nitrogens with one attached hydrogen (secondary N) is 2. The topological polar surface area (TPSA) is 78.1 Å². The van der Waals surface area contributed by atoms with Gasteiger partial charge in [-0.1, -0.05) is 42.5 Å². The van der Waals surface area contributed by atoms with E-state index in [0.717, 1.165) is 16.6 Å². The van der Waals surface area contributed by atoms with Crippen LogP contribution in [-0.4, -0.2) is 38.8 Å². The molecule has 1 unspecified atom stereocenters. The molecule has 2 heterocycles. The Balaban J connectivity index is 1.39. The monoisotopic (exact) mass is 374 g/mol. The summed E-state index contributed by atoms with van der Waals surface area (Å²) in [6.07, 6.45) is 6.32. The second kappa shape index (κ2) is 7.31. The third kappa shape index (κ3) is 3.41. The summed E-state index contributed by atoms with van der Waals surface area (Å²) in [5.74, 6) is -0.210. The van der Waals surface area contributed by atoms with Crippen molar-refractivity contribution in [1.29, 1.82) is 0 Å². The number of hydrogen-bond donors (Lipinski definition) is 2. The Labute approximate surface area is 163 Å². The smallest absolute Gasteiger partial charge is 0.250 e. The highest BCUT2D eigenvalue weighted by Crippen LogP contribution is 2.32. The molecule has 1 aliphatic rings. The number of rotatable bonds is 5. The lowest BCUT2D eigenvalue weighted by Crippen LogP contribution is -2.66. The van der Waals surface area contributed by atoms with E-state index in [-0.39, 0.29) is 18.2 Å². The van der Waals surface area contributed by atoms with Crippen LogP contribution < -0.4 is 5.32 Å². The van der Waals surface area contributed by atoms with Gasteiger partial charge in [0.25, 0.3) is 0 Å². The number of hydrogen-bond acceptors (Lipinski definition) is 3. The second-order valence-corrected chi connectivity index (χ2v) is 7.17. The molecular formula is C22H22N4O2. The van der Waals surface area contributed by atoms with Gasteiger partial charge in [-0.15, -0.1) is 0 Å². The molecule has 1 aromatic heterocycles. The minimum absolute atomic E-state index is 0.0416. The predicted octanol–water partition coefficient (Wildman–Crippen LogP) is 3.60. The first-order valence-corrected chi connectivity index (χ1v) is 9.33. The van der Waals surface area contributed by atoms with Crippen molar-refractivity contribution in [3.63, 3.8) is 0 Å². The number of aromatic nitrogens is 2. The van der Waals surface area contributed by atoms with Gasteiger partial charge in [0.1, 0.15) is 5.54 Å². The molecule has 1 atom stereocenters. The van der Waals surface area contributed by atoms with Gasteiger partial charge in [0.15, 0.2) is 0 Å². The number of carbonyl (C=O) groups excluding carboxylic acids is 2. The maximum absolute atomic E-state index is 12.9. The molecule has 6 heteroatoms. The van der Waals surface area contributed by atoms with E-state index in [1.807, 2.05) is 67.6 Å². The maximum atomic E-state index is 12.9. The van der Waals surface area contributed by atoms with Crippen LogP contribution in [0.4, 0.5) is 5.69 Å². The quantitative estimate of drug-likeness (QED) is 0.716. The molecule has 28 heavy (non-hydrogen) atoms. The fourth-order valence-electron chi connectivity index (χ4n) is 3.44. The van der Waals surface area contributed by atoms with Gasteiger partial charge in [0, 0.05) is 18.7 Å². The van der Waals surface area contributed by atoms with Crippen molar-refractivity contribution < 1.29 is 9.59 Å². The van der Waals surface area contributed by atoms with Crippen LogP contribution in [0.15, 0.2) is 60.9 Å². The number of nitrogens with zero attached hydrogens (tertiary/aromatic N) is 2. The molecule has 3 aromatic rings. The predicted molar refractivity (Wildman–Crippen MR) is 110 cm³/mol. The van der Waals surface area contributed by atoms with E-state index < -0.39 is 5.54 Å². The van der Waals surface area contributed by atoms with Crippen molar-refractivity contribution in [2.75, 3.05) is 11.9 Å². The minimum atomic E-state index is -0.819. The van der Waals surface area contributed by atoms with Gasteiger partial charge in [0.2, 0.25) is 11.8 Å². The molecule has 142 valence electrons.